The van der Waals surface area contributed by atoms with E-state index in [0.29, 0.717) is 5.69 Å². The number of nitrogens with two attached hydrogens (primary N) is 1. The number of hydrogen-bond acceptors (Lipinski definition) is 2. The van der Waals surface area contributed by atoms with Crippen molar-refractivity contribution >= 4 is 16.8 Å². The molecular weight excluding hydrogens is 252 g/mol. The summed E-state index contributed by atoms with van der Waals surface area (Å²) in [6.45, 7) is 0. The maximum absolute atomic E-state index is 11.7. The van der Waals surface area contributed by atoms with Crippen LogP contribution in [0.15, 0.2) is 54.6 Å². The summed E-state index contributed by atoms with van der Waals surface area (Å²) >= 11 is 0. The first-order valence-electron chi connectivity index (χ1n) is 6.26. The van der Waals surface area contributed by atoms with E-state index in [1.54, 1.807) is 13.2 Å². The van der Waals surface area contributed by atoms with Gasteiger partial charge >= 0.3 is 0 Å². The fourth-order valence-electron chi connectivity index (χ4n) is 2.42. The molecule has 1 aromatic heterocycles. The van der Waals surface area contributed by atoms with Crippen molar-refractivity contribution in [3.8, 4) is 11.4 Å². The molecule has 3 aromatic rings. The normalized spacial score (nSPS) is 10.7. The number of rotatable bonds is 3. The lowest BCUT2D eigenvalue weighted by atomic mass is 10.2. The zero-order chi connectivity index (χ0) is 14.1. The van der Waals surface area contributed by atoms with Gasteiger partial charge in [-0.25, -0.2) is 0 Å². The molecule has 100 valence electrons. The smallest absolute Gasteiger partial charge is 0.265 e. The third-order valence-electron chi connectivity index (χ3n) is 3.29. The number of methoxy groups -OCH3 is 1. The minimum Gasteiger partial charge on any atom is -0.496 e. The molecule has 0 fully saturated rings. The molecule has 1 heterocycles. The van der Waals surface area contributed by atoms with Gasteiger partial charge in [0.2, 0.25) is 0 Å². The molecule has 0 bridgehead atoms. The number of hydrogen-bond donors (Lipinski definition) is 1. The molecule has 20 heavy (non-hydrogen) atoms. The third-order valence-corrected chi connectivity index (χ3v) is 3.29. The zero-order valence-corrected chi connectivity index (χ0v) is 11.0. The van der Waals surface area contributed by atoms with E-state index in [2.05, 4.69) is 0 Å². The average molecular weight is 266 g/mol. The molecule has 0 saturated heterocycles. The Hall–Kier alpha value is -2.75. The lowest BCUT2D eigenvalue weighted by molar-refractivity contribution is 0.0994. The summed E-state index contributed by atoms with van der Waals surface area (Å²) in [6.07, 6.45) is 0. The summed E-state index contributed by atoms with van der Waals surface area (Å²) in [6, 6.07) is 17.1. The standard InChI is InChI=1S/C16H14N2O2/c1-20-15-9-5-8-13-12(15)10-14(16(17)19)18(13)11-6-3-2-4-7-11/h2-10H,1H3,(H2,17,19). The maximum Gasteiger partial charge on any atom is 0.265 e. The molecule has 0 aliphatic carbocycles. The van der Waals surface area contributed by atoms with Gasteiger partial charge in [0.1, 0.15) is 11.4 Å². The van der Waals surface area contributed by atoms with Gasteiger partial charge in [0, 0.05) is 11.1 Å². The second-order valence-corrected chi connectivity index (χ2v) is 4.46. The summed E-state index contributed by atoms with van der Waals surface area (Å²) < 4.78 is 7.19. The first kappa shape index (κ1) is 12.3. The lowest BCUT2D eigenvalue weighted by Crippen LogP contribution is -2.15. The first-order valence-corrected chi connectivity index (χ1v) is 6.26. The van der Waals surface area contributed by atoms with Crippen LogP contribution in [0.25, 0.3) is 16.6 Å². The molecule has 0 aliphatic rings. The van der Waals surface area contributed by atoms with Crippen LogP contribution in [-0.4, -0.2) is 17.6 Å². The second-order valence-electron chi connectivity index (χ2n) is 4.46. The Morgan fingerprint density at radius 3 is 2.50 bits per heavy atom. The first-order chi connectivity index (χ1) is 9.72. The van der Waals surface area contributed by atoms with Crippen molar-refractivity contribution in [3.63, 3.8) is 0 Å². The van der Waals surface area contributed by atoms with Gasteiger partial charge in [-0.15, -0.1) is 0 Å². The molecule has 2 N–H and O–H groups in total. The van der Waals surface area contributed by atoms with E-state index in [-0.39, 0.29) is 0 Å². The van der Waals surface area contributed by atoms with Gasteiger partial charge in [0.05, 0.1) is 12.6 Å². The quantitative estimate of drug-likeness (QED) is 0.792. The fourth-order valence-corrected chi connectivity index (χ4v) is 2.42. The van der Waals surface area contributed by atoms with Crippen molar-refractivity contribution in [3.05, 3.63) is 60.3 Å². The van der Waals surface area contributed by atoms with E-state index in [9.17, 15) is 4.79 Å². The summed E-state index contributed by atoms with van der Waals surface area (Å²) in [4.78, 5) is 11.7. The van der Waals surface area contributed by atoms with Gasteiger partial charge in [-0.05, 0) is 30.3 Å². The zero-order valence-electron chi connectivity index (χ0n) is 11.0. The minimum atomic E-state index is -0.466. The molecule has 0 spiro atoms. The fraction of sp³-hybridized carbons (Fsp3) is 0.0625. The molecule has 3 rings (SSSR count). The van der Waals surface area contributed by atoms with Crippen LogP contribution in [0.5, 0.6) is 5.75 Å². The number of primary amides is 1. The lowest BCUT2D eigenvalue weighted by Gasteiger charge is -2.09. The van der Waals surface area contributed by atoms with Crippen LogP contribution in [0, 0.1) is 0 Å². The highest BCUT2D eigenvalue weighted by Crippen LogP contribution is 2.30. The number of carbonyl (C=O) groups is 1. The number of ether oxygens (including phenoxy) is 1. The van der Waals surface area contributed by atoms with E-state index in [1.807, 2.05) is 53.1 Å². The van der Waals surface area contributed by atoms with Crippen LogP contribution in [0.2, 0.25) is 0 Å². The van der Waals surface area contributed by atoms with Crippen molar-refractivity contribution in [1.82, 2.24) is 4.57 Å². The Morgan fingerprint density at radius 1 is 1.10 bits per heavy atom. The molecule has 4 heteroatoms. The van der Waals surface area contributed by atoms with Crippen molar-refractivity contribution < 1.29 is 9.53 Å². The number of aromatic nitrogens is 1. The van der Waals surface area contributed by atoms with Gasteiger partial charge in [-0.3, -0.25) is 4.79 Å². The molecule has 4 nitrogen and oxygen atoms in total. The molecule has 0 saturated carbocycles. The highest BCUT2D eigenvalue weighted by molar-refractivity contribution is 6.00. The van der Waals surface area contributed by atoms with E-state index in [1.165, 1.54) is 0 Å². The van der Waals surface area contributed by atoms with Gasteiger partial charge in [-0.1, -0.05) is 24.3 Å². The molecule has 2 aromatic carbocycles. The summed E-state index contributed by atoms with van der Waals surface area (Å²) in [5, 5.41) is 0.868. The van der Waals surface area contributed by atoms with Crippen LogP contribution in [0.4, 0.5) is 0 Å². The number of fused-ring (bicyclic) bond motifs is 1. The number of benzene rings is 2. The van der Waals surface area contributed by atoms with Crippen molar-refractivity contribution in [2.45, 2.75) is 0 Å². The molecule has 1 amide bonds. The van der Waals surface area contributed by atoms with E-state index >= 15 is 0 Å². The maximum atomic E-state index is 11.7. The largest absolute Gasteiger partial charge is 0.496 e. The van der Waals surface area contributed by atoms with E-state index < -0.39 is 5.91 Å². The molecule has 0 radical (unpaired) electrons. The minimum absolute atomic E-state index is 0.440. The topological polar surface area (TPSA) is 57.2 Å². The van der Waals surface area contributed by atoms with Gasteiger partial charge in [-0.2, -0.15) is 0 Å². The number of amides is 1. The van der Waals surface area contributed by atoms with Crippen molar-refractivity contribution in [1.29, 1.82) is 0 Å². The predicted octanol–water partition coefficient (Wildman–Crippen LogP) is 2.74. The number of para-hydroxylation sites is 1. The Balaban J connectivity index is 2.40. The third kappa shape index (κ3) is 1.82. The Labute approximate surface area is 116 Å². The van der Waals surface area contributed by atoms with E-state index in [4.69, 9.17) is 10.5 Å². The van der Waals surface area contributed by atoms with Crippen LogP contribution in [0.3, 0.4) is 0 Å². The van der Waals surface area contributed by atoms with Crippen molar-refractivity contribution in [2.24, 2.45) is 5.73 Å². The molecule has 0 atom stereocenters. The van der Waals surface area contributed by atoms with Crippen LogP contribution >= 0.6 is 0 Å². The van der Waals surface area contributed by atoms with Crippen molar-refractivity contribution in [2.75, 3.05) is 7.11 Å². The predicted molar refractivity (Wildman–Crippen MR) is 78.3 cm³/mol. The Bertz CT molecular complexity index is 776. The number of carbonyl (C=O) groups excluding carboxylic acids is 1. The van der Waals surface area contributed by atoms with E-state index in [0.717, 1.165) is 22.3 Å². The number of nitrogens with zero attached hydrogens (tertiary/aromatic N) is 1. The summed E-state index contributed by atoms with van der Waals surface area (Å²) in [5.74, 6) is 0.256. The average Bonchev–Trinajstić information content (AvgIpc) is 2.87. The molecule has 0 unspecified atom stereocenters. The highest BCUT2D eigenvalue weighted by Gasteiger charge is 2.16. The Morgan fingerprint density at radius 2 is 1.85 bits per heavy atom. The van der Waals surface area contributed by atoms with Gasteiger partial charge in [0.25, 0.3) is 5.91 Å². The summed E-state index contributed by atoms with van der Waals surface area (Å²) in [7, 11) is 1.61. The highest BCUT2D eigenvalue weighted by atomic mass is 16.5. The SMILES string of the molecule is COc1cccc2c1cc(C(N)=O)n2-c1ccccc1. The van der Waals surface area contributed by atoms with Crippen LogP contribution < -0.4 is 10.5 Å². The summed E-state index contributed by atoms with van der Waals surface area (Å²) in [5.41, 5.74) is 7.73. The van der Waals surface area contributed by atoms with Gasteiger partial charge in [0.15, 0.2) is 0 Å². The molecular formula is C16H14N2O2. The Kier molecular flexibility index (Phi) is 2.91. The van der Waals surface area contributed by atoms with Crippen LogP contribution in [-0.2, 0) is 0 Å². The molecule has 0 aliphatic heterocycles. The second kappa shape index (κ2) is 4.74. The van der Waals surface area contributed by atoms with Gasteiger partial charge < -0.3 is 15.0 Å². The van der Waals surface area contributed by atoms with Crippen LogP contribution in [0.1, 0.15) is 10.5 Å². The monoisotopic (exact) mass is 266 g/mol.